The molecule has 18 heavy (non-hydrogen) atoms. The van der Waals surface area contributed by atoms with Crippen LogP contribution in [0.5, 0.6) is 0 Å². The maximum Gasteiger partial charge on any atom is 0.242 e. The number of carbonyl (C=O) groups is 1. The molecule has 3 heterocycles. The molecule has 6 nitrogen and oxygen atoms in total. The standard InChI is InChI=1S/C12H19N5O/c18-12(10-3-1-2-5-14-10)16-11-4-6-15-17(11)9-7-13-8-9/h4,6,9-10,13-14H,1-3,5,7-8H2,(H,16,18)/t10-/m1/s1. The number of nitrogens with one attached hydrogen (secondary N) is 3. The molecule has 2 aliphatic rings. The number of anilines is 1. The third-order valence-electron chi connectivity index (χ3n) is 3.65. The van der Waals surface area contributed by atoms with Gasteiger partial charge in [-0.3, -0.25) is 4.79 Å². The molecule has 2 fully saturated rings. The average Bonchev–Trinajstić information content (AvgIpc) is 2.76. The number of hydrogen-bond acceptors (Lipinski definition) is 4. The Kier molecular flexibility index (Phi) is 3.29. The number of aromatic nitrogens is 2. The third kappa shape index (κ3) is 2.26. The number of nitrogens with zero attached hydrogens (tertiary/aromatic N) is 2. The van der Waals surface area contributed by atoms with E-state index in [1.807, 2.05) is 10.7 Å². The predicted molar refractivity (Wildman–Crippen MR) is 68.4 cm³/mol. The van der Waals surface area contributed by atoms with Gasteiger partial charge in [-0.2, -0.15) is 5.10 Å². The van der Waals surface area contributed by atoms with Crippen LogP contribution in [0.3, 0.4) is 0 Å². The van der Waals surface area contributed by atoms with Crippen LogP contribution in [0.15, 0.2) is 12.3 Å². The topological polar surface area (TPSA) is 71.0 Å². The van der Waals surface area contributed by atoms with E-state index in [1.165, 1.54) is 0 Å². The molecule has 1 aromatic rings. The van der Waals surface area contributed by atoms with Crippen LogP contribution in [0.4, 0.5) is 5.82 Å². The second-order valence-electron chi connectivity index (χ2n) is 4.96. The minimum absolute atomic E-state index is 0.0541. The molecule has 2 saturated heterocycles. The second-order valence-corrected chi connectivity index (χ2v) is 4.96. The van der Waals surface area contributed by atoms with Crippen LogP contribution in [0.2, 0.25) is 0 Å². The fraction of sp³-hybridized carbons (Fsp3) is 0.667. The largest absolute Gasteiger partial charge is 0.312 e. The molecule has 1 aromatic heterocycles. The van der Waals surface area contributed by atoms with E-state index in [9.17, 15) is 4.79 Å². The van der Waals surface area contributed by atoms with Gasteiger partial charge in [0.15, 0.2) is 0 Å². The van der Waals surface area contributed by atoms with Crippen molar-refractivity contribution in [3.05, 3.63) is 12.3 Å². The Labute approximate surface area is 106 Å². The summed E-state index contributed by atoms with van der Waals surface area (Å²) in [6, 6.07) is 2.18. The second kappa shape index (κ2) is 5.07. The Hall–Kier alpha value is -1.40. The summed E-state index contributed by atoms with van der Waals surface area (Å²) in [6.07, 6.45) is 4.94. The molecule has 1 amide bonds. The summed E-state index contributed by atoms with van der Waals surface area (Å²) in [5.74, 6) is 0.864. The molecule has 0 spiro atoms. The molecule has 0 aromatic carbocycles. The lowest BCUT2D eigenvalue weighted by Gasteiger charge is -2.29. The summed E-state index contributed by atoms with van der Waals surface area (Å²) in [5, 5.41) is 13.7. The molecule has 0 unspecified atom stereocenters. The third-order valence-corrected chi connectivity index (χ3v) is 3.65. The first-order chi connectivity index (χ1) is 8.84. The van der Waals surface area contributed by atoms with Gasteiger partial charge in [0, 0.05) is 19.2 Å². The van der Waals surface area contributed by atoms with E-state index in [0.717, 1.165) is 44.7 Å². The van der Waals surface area contributed by atoms with Gasteiger partial charge in [0.1, 0.15) is 5.82 Å². The van der Waals surface area contributed by atoms with E-state index >= 15 is 0 Å². The summed E-state index contributed by atoms with van der Waals surface area (Å²) < 4.78 is 1.90. The first-order valence-corrected chi connectivity index (χ1v) is 6.63. The van der Waals surface area contributed by atoms with E-state index in [-0.39, 0.29) is 11.9 Å². The SMILES string of the molecule is O=C(Nc1ccnn1C1CNC1)[C@H]1CCCCN1. The fourth-order valence-corrected chi connectivity index (χ4v) is 2.44. The Morgan fingerprint density at radius 1 is 1.44 bits per heavy atom. The van der Waals surface area contributed by atoms with Crippen molar-refractivity contribution < 1.29 is 4.79 Å². The van der Waals surface area contributed by atoms with E-state index in [4.69, 9.17) is 0 Å². The molecule has 0 aliphatic carbocycles. The summed E-state index contributed by atoms with van der Waals surface area (Å²) >= 11 is 0. The highest BCUT2D eigenvalue weighted by Crippen LogP contribution is 2.18. The smallest absolute Gasteiger partial charge is 0.242 e. The number of piperidine rings is 1. The molecule has 3 rings (SSSR count). The normalized spacial score (nSPS) is 24.6. The molecule has 3 N–H and O–H groups in total. The van der Waals surface area contributed by atoms with Crippen LogP contribution >= 0.6 is 0 Å². The van der Waals surface area contributed by atoms with Crippen molar-refractivity contribution >= 4 is 11.7 Å². The van der Waals surface area contributed by atoms with Gasteiger partial charge in [-0.05, 0) is 19.4 Å². The average molecular weight is 249 g/mol. The van der Waals surface area contributed by atoms with Gasteiger partial charge in [0.2, 0.25) is 5.91 Å². The van der Waals surface area contributed by atoms with Crippen LogP contribution in [0.1, 0.15) is 25.3 Å². The monoisotopic (exact) mass is 249 g/mol. The molecule has 0 saturated carbocycles. The summed E-state index contributed by atoms with van der Waals surface area (Å²) in [4.78, 5) is 12.1. The minimum Gasteiger partial charge on any atom is -0.312 e. The van der Waals surface area contributed by atoms with Crippen molar-refractivity contribution in [3.8, 4) is 0 Å². The van der Waals surface area contributed by atoms with Gasteiger partial charge >= 0.3 is 0 Å². The van der Waals surface area contributed by atoms with Crippen molar-refractivity contribution in [2.45, 2.75) is 31.3 Å². The van der Waals surface area contributed by atoms with E-state index in [2.05, 4.69) is 21.0 Å². The first-order valence-electron chi connectivity index (χ1n) is 6.63. The number of hydrogen-bond donors (Lipinski definition) is 3. The molecule has 6 heteroatoms. The van der Waals surface area contributed by atoms with Crippen LogP contribution in [0, 0.1) is 0 Å². The molecular weight excluding hydrogens is 230 g/mol. The van der Waals surface area contributed by atoms with Crippen molar-refractivity contribution in [3.63, 3.8) is 0 Å². The van der Waals surface area contributed by atoms with E-state index in [0.29, 0.717) is 6.04 Å². The Morgan fingerprint density at radius 3 is 3.00 bits per heavy atom. The summed E-state index contributed by atoms with van der Waals surface area (Å²) in [5.41, 5.74) is 0. The van der Waals surface area contributed by atoms with Gasteiger partial charge in [-0.1, -0.05) is 6.42 Å². The van der Waals surface area contributed by atoms with Gasteiger partial charge < -0.3 is 16.0 Å². The highest BCUT2D eigenvalue weighted by atomic mass is 16.2. The number of rotatable bonds is 3. The molecular formula is C12H19N5O. The van der Waals surface area contributed by atoms with Crippen molar-refractivity contribution in [1.82, 2.24) is 20.4 Å². The highest BCUT2D eigenvalue weighted by molar-refractivity contribution is 5.94. The summed E-state index contributed by atoms with van der Waals surface area (Å²) in [7, 11) is 0. The lowest BCUT2D eigenvalue weighted by Crippen LogP contribution is -2.46. The molecule has 0 radical (unpaired) electrons. The van der Waals surface area contributed by atoms with Gasteiger partial charge in [0.25, 0.3) is 0 Å². The van der Waals surface area contributed by atoms with E-state index < -0.39 is 0 Å². The van der Waals surface area contributed by atoms with Crippen LogP contribution in [0.25, 0.3) is 0 Å². The van der Waals surface area contributed by atoms with Gasteiger partial charge in [-0.15, -0.1) is 0 Å². The summed E-state index contributed by atoms with van der Waals surface area (Å²) in [6.45, 7) is 2.78. The predicted octanol–water partition coefficient (Wildman–Crippen LogP) is 0.108. The molecule has 0 bridgehead atoms. The zero-order valence-corrected chi connectivity index (χ0v) is 10.4. The lowest BCUT2D eigenvalue weighted by atomic mass is 10.0. The van der Waals surface area contributed by atoms with Crippen LogP contribution in [-0.4, -0.2) is 41.4 Å². The lowest BCUT2D eigenvalue weighted by molar-refractivity contribution is -0.118. The zero-order chi connectivity index (χ0) is 12.4. The van der Waals surface area contributed by atoms with Crippen LogP contribution in [-0.2, 0) is 4.79 Å². The first kappa shape index (κ1) is 11.7. The van der Waals surface area contributed by atoms with Gasteiger partial charge in [0.05, 0.1) is 18.3 Å². The molecule has 98 valence electrons. The highest BCUT2D eigenvalue weighted by Gasteiger charge is 2.25. The quantitative estimate of drug-likeness (QED) is 0.711. The Morgan fingerprint density at radius 2 is 2.33 bits per heavy atom. The van der Waals surface area contributed by atoms with Crippen molar-refractivity contribution in [2.24, 2.45) is 0 Å². The number of carbonyl (C=O) groups excluding carboxylic acids is 1. The van der Waals surface area contributed by atoms with Crippen molar-refractivity contribution in [2.75, 3.05) is 25.0 Å². The maximum atomic E-state index is 12.1. The fourth-order valence-electron chi connectivity index (χ4n) is 2.44. The number of amides is 1. The van der Waals surface area contributed by atoms with Crippen molar-refractivity contribution in [1.29, 1.82) is 0 Å². The molecule has 1 atom stereocenters. The van der Waals surface area contributed by atoms with Gasteiger partial charge in [-0.25, -0.2) is 4.68 Å². The minimum atomic E-state index is -0.0541. The maximum absolute atomic E-state index is 12.1. The Bertz CT molecular complexity index is 420. The zero-order valence-electron chi connectivity index (χ0n) is 10.4. The molecule has 2 aliphatic heterocycles. The van der Waals surface area contributed by atoms with E-state index in [1.54, 1.807) is 6.20 Å². The van der Waals surface area contributed by atoms with Crippen LogP contribution < -0.4 is 16.0 Å². The Balaban J connectivity index is 1.64.